The van der Waals surface area contributed by atoms with Crippen LogP contribution < -0.4 is 42.0 Å². The van der Waals surface area contributed by atoms with Crippen molar-refractivity contribution in [2.75, 3.05) is 105 Å². The molecule has 0 aliphatic carbocycles. The molecule has 16 atom stereocenters. The number of likely N-dealkylation sites (tertiary alicyclic amines) is 1. The number of amides is 8. The molecule has 1 aromatic carbocycles. The van der Waals surface area contributed by atoms with Crippen molar-refractivity contribution in [3.63, 3.8) is 0 Å². The Morgan fingerprint density at radius 1 is 0.392 bits per heavy atom. The molecule has 39 nitrogen and oxygen atoms in total. The summed E-state index contributed by atoms with van der Waals surface area (Å²) in [5.41, 5.74) is -1.71. The van der Waals surface area contributed by atoms with E-state index >= 15 is 0 Å². The SMILES string of the molecule is CC(=O)NC1C(OCCCCCCNC(=O)CCOCC(COCCC(=O)NCCCCCCOC2OC(COC(C)=O)C(OC(C)=O)C(C)C2NC(C)=O)(COCCC(=O)NCCCCCCOC2OC(COC(C)=O)C(OC(C)=O)C(C)C2NC(C)=O)NC(=O)C2CCCN2C(=O)CCCC(=O)Oc2c(F)c(F)c(F)c(F)c2F)OC(COC(C)=O)C(OC(C)=O)C1C. The van der Waals surface area contributed by atoms with Crippen molar-refractivity contribution in [2.45, 2.75) is 297 Å². The first-order valence-electron chi connectivity index (χ1n) is 44.1. The van der Waals surface area contributed by atoms with Gasteiger partial charge in [-0.2, -0.15) is 8.78 Å². The van der Waals surface area contributed by atoms with E-state index in [9.17, 15) is 93.9 Å². The summed E-state index contributed by atoms with van der Waals surface area (Å²) in [7, 11) is 0. The van der Waals surface area contributed by atoms with Gasteiger partial charge in [-0.05, 0) is 57.8 Å². The number of carbonyl (C=O) groups is 15. The van der Waals surface area contributed by atoms with Gasteiger partial charge in [-0.1, -0.05) is 59.3 Å². The van der Waals surface area contributed by atoms with E-state index in [0.29, 0.717) is 83.5 Å². The monoisotopic (exact) mass is 1870 g/mol. The van der Waals surface area contributed by atoms with Crippen LogP contribution in [0.25, 0.3) is 0 Å². The number of nitrogens with one attached hydrogen (secondary N) is 7. The van der Waals surface area contributed by atoms with E-state index in [0.717, 1.165) is 0 Å². The Morgan fingerprint density at radius 2 is 0.715 bits per heavy atom. The molecule has 130 heavy (non-hydrogen) atoms. The van der Waals surface area contributed by atoms with Crippen LogP contribution in [0.1, 0.15) is 212 Å². The molecular formula is C86H131F5N8O31. The van der Waals surface area contributed by atoms with Gasteiger partial charge in [-0.3, -0.25) is 71.9 Å². The number of halogens is 5. The fourth-order valence-corrected chi connectivity index (χ4v) is 15.1. The standard InChI is InChI=1S/C86H131F5N8O31/c1-49-75(95-52(4)100)83(127-62(43-121-55(7)103)78(49)124-58(10)106)118-37-22-16-13-19-33-92-65(109)30-40-115-46-86(98-82(114)61-27-26-36-99(61)68(112)28-25-29-69(113)130-81-73(90)71(88)70(87)72(89)74(81)91,47-116-41-31-66(110)93-34-20-14-17-23-38-119-84-76(96-53(5)101)50(2)79(125-59(11)107)63(128-84)44-122-56(8)104)48-117-42-32-67(111)94-35-21-15-18-24-39-120-85-77(97-54(6)102)51(3)80(126-60(12)108)64(129-85)45-123-57(9)105/h49-51,61-64,75-80,83-85H,13-48H2,1-12H3,(H,92,109)(H,93,110)(H,94,111)(H,95,100)(H,96,101)(H,97,102)(H,98,114). The fourth-order valence-electron chi connectivity index (χ4n) is 15.1. The molecule has 0 radical (unpaired) electrons. The topological polar surface area (TPSA) is 491 Å². The first kappa shape index (κ1) is 111. The normalized spacial score (nSPS) is 23.4. The van der Waals surface area contributed by atoms with Crippen LogP contribution in [0.5, 0.6) is 5.75 Å². The highest BCUT2D eigenvalue weighted by molar-refractivity contribution is 5.89. The molecule has 0 spiro atoms. The van der Waals surface area contributed by atoms with Gasteiger partial charge >= 0.3 is 41.8 Å². The Bertz CT molecular complexity index is 3570. The maximum atomic E-state index is 14.8. The van der Waals surface area contributed by atoms with E-state index in [4.69, 9.17) is 71.1 Å². The molecule has 1 aromatic rings. The molecule has 4 aliphatic heterocycles. The molecule has 4 aliphatic rings. The van der Waals surface area contributed by atoms with Crippen LogP contribution in [0.2, 0.25) is 0 Å². The number of ether oxygens (including phenoxy) is 16. The van der Waals surface area contributed by atoms with Gasteiger partial charge in [0, 0.05) is 158 Å². The second kappa shape index (κ2) is 58.5. The quantitative estimate of drug-likeness (QED) is 0.00885. The Labute approximate surface area is 752 Å². The lowest BCUT2D eigenvalue weighted by molar-refractivity contribution is -0.262. The van der Waals surface area contributed by atoms with E-state index in [-0.39, 0.29) is 135 Å². The van der Waals surface area contributed by atoms with E-state index < -0.39 is 242 Å². The Balaban J connectivity index is 1.24. The number of benzene rings is 1. The van der Waals surface area contributed by atoms with Crippen LogP contribution in [0, 0.1) is 46.8 Å². The highest BCUT2D eigenvalue weighted by atomic mass is 19.2. The smallest absolute Gasteiger partial charge is 0.311 e. The van der Waals surface area contributed by atoms with Crippen LogP contribution in [-0.4, -0.2) is 285 Å². The van der Waals surface area contributed by atoms with Gasteiger partial charge in [0.25, 0.3) is 0 Å². The number of unbranched alkanes of at least 4 members (excludes halogenated alkanes) is 9. The maximum Gasteiger partial charge on any atom is 0.311 e. The van der Waals surface area contributed by atoms with E-state index in [2.05, 4.69) is 42.0 Å². The molecule has 5 rings (SSSR count). The second-order valence-electron chi connectivity index (χ2n) is 32.6. The summed E-state index contributed by atoms with van der Waals surface area (Å²) in [4.78, 5) is 191. The first-order valence-corrected chi connectivity index (χ1v) is 44.1. The Morgan fingerprint density at radius 3 is 1.03 bits per heavy atom. The summed E-state index contributed by atoms with van der Waals surface area (Å²) in [6.07, 6.45) is -3.00. The summed E-state index contributed by atoms with van der Waals surface area (Å²) < 4.78 is 162. The molecule has 7 N–H and O–H groups in total. The number of carbonyl (C=O) groups excluding carboxylic acids is 15. The molecule has 4 heterocycles. The summed E-state index contributed by atoms with van der Waals surface area (Å²) >= 11 is 0. The molecule has 4 saturated heterocycles. The third kappa shape index (κ3) is 39.5. The predicted octanol–water partition coefficient (Wildman–Crippen LogP) is 4.68. The number of esters is 7. The van der Waals surface area contributed by atoms with E-state index in [1.54, 1.807) is 20.8 Å². The Hall–Kier alpha value is -9.44. The lowest BCUT2D eigenvalue weighted by Crippen LogP contribution is -2.62. The lowest BCUT2D eigenvalue weighted by atomic mass is 9.88. The van der Waals surface area contributed by atoms with E-state index in [1.165, 1.54) is 67.2 Å². The van der Waals surface area contributed by atoms with Gasteiger partial charge in [-0.25, -0.2) is 13.2 Å². The van der Waals surface area contributed by atoms with Crippen molar-refractivity contribution in [1.29, 1.82) is 0 Å². The highest BCUT2D eigenvalue weighted by Gasteiger charge is 2.51. The average molecular weight is 1870 g/mol. The molecular weight excluding hydrogens is 1740 g/mol. The van der Waals surface area contributed by atoms with Gasteiger partial charge in [0.2, 0.25) is 82.1 Å². The van der Waals surface area contributed by atoms with Crippen molar-refractivity contribution < 1.29 is 170 Å². The molecule has 0 aromatic heterocycles. The lowest BCUT2D eigenvalue weighted by Gasteiger charge is -2.44. The van der Waals surface area contributed by atoms with E-state index in [1.807, 2.05) is 0 Å². The minimum absolute atomic E-state index is 0.0267. The minimum atomic E-state index is -2.48. The number of hydrogen-bond donors (Lipinski definition) is 7. The van der Waals surface area contributed by atoms with Crippen molar-refractivity contribution in [3.8, 4) is 5.75 Å². The third-order valence-corrected chi connectivity index (χ3v) is 21.5. The Kier molecular flexibility index (Phi) is 49.9. The molecule has 736 valence electrons. The largest absolute Gasteiger partial charge is 0.463 e. The maximum absolute atomic E-state index is 14.8. The van der Waals surface area contributed by atoms with Crippen LogP contribution >= 0.6 is 0 Å². The van der Waals surface area contributed by atoms with Crippen LogP contribution in [0.15, 0.2) is 0 Å². The predicted molar refractivity (Wildman–Crippen MR) is 443 cm³/mol. The van der Waals surface area contributed by atoms with Gasteiger partial charge in [0.05, 0.1) is 57.8 Å². The zero-order valence-corrected chi connectivity index (χ0v) is 76.2. The molecule has 16 unspecified atom stereocenters. The zero-order chi connectivity index (χ0) is 96.2. The number of rotatable bonds is 58. The van der Waals surface area contributed by atoms with Crippen molar-refractivity contribution >= 4 is 89.0 Å². The molecule has 4 fully saturated rings. The van der Waals surface area contributed by atoms with Gasteiger partial charge in [0.1, 0.15) is 68.0 Å². The minimum Gasteiger partial charge on any atom is -0.463 e. The van der Waals surface area contributed by atoms with Gasteiger partial charge < -0.3 is 118 Å². The molecule has 0 bridgehead atoms. The molecule has 0 saturated carbocycles. The van der Waals surface area contributed by atoms with Gasteiger partial charge in [-0.15, -0.1) is 0 Å². The number of hydrogen-bond acceptors (Lipinski definition) is 31. The zero-order valence-electron chi connectivity index (χ0n) is 76.2. The summed E-state index contributed by atoms with van der Waals surface area (Å²) in [6.45, 7) is 15.1. The summed E-state index contributed by atoms with van der Waals surface area (Å²) in [6, 6.07) is -3.40. The second-order valence-corrected chi connectivity index (χ2v) is 32.6. The third-order valence-electron chi connectivity index (χ3n) is 21.5. The summed E-state index contributed by atoms with van der Waals surface area (Å²) in [5, 5.41) is 19.9. The van der Waals surface area contributed by atoms with Crippen molar-refractivity contribution in [2.24, 2.45) is 17.8 Å². The molecule has 44 heteroatoms. The van der Waals surface area contributed by atoms with Crippen LogP contribution in [-0.2, 0) is 143 Å². The van der Waals surface area contributed by atoms with Crippen molar-refractivity contribution in [1.82, 2.24) is 42.1 Å². The van der Waals surface area contributed by atoms with Crippen molar-refractivity contribution in [3.05, 3.63) is 29.1 Å². The fraction of sp³-hybridized carbons (Fsp3) is 0.756. The highest BCUT2D eigenvalue weighted by Crippen LogP contribution is 2.35. The summed E-state index contributed by atoms with van der Waals surface area (Å²) in [5.74, 6) is -24.1. The van der Waals surface area contributed by atoms with Crippen LogP contribution in [0.4, 0.5) is 22.0 Å². The molecule has 8 amide bonds. The van der Waals surface area contributed by atoms with Crippen LogP contribution in [0.3, 0.4) is 0 Å². The van der Waals surface area contributed by atoms with Gasteiger partial charge in [0.15, 0.2) is 18.9 Å². The first-order chi connectivity index (χ1) is 61.7. The number of nitrogens with zero attached hydrogens (tertiary/aromatic N) is 1. The average Bonchev–Trinajstić information content (AvgIpc) is 1.18.